The molecule has 0 unspecified atom stereocenters. The van der Waals surface area contributed by atoms with Gasteiger partial charge in [-0.05, 0) is 48.0 Å². The maximum Gasteiger partial charge on any atom is 0.450 e. The number of rotatable bonds is 3. The number of alkyl halides is 3. The number of carbonyl (C=O) groups is 1. The molecular weight excluding hydrogens is 452 g/mol. The highest BCUT2D eigenvalue weighted by atomic mass is 35.5. The zero-order valence-corrected chi connectivity index (χ0v) is 16.6. The molecule has 4 rings (SSSR count). The molecule has 0 saturated heterocycles. The molecule has 162 valence electrons. The molecule has 0 aliphatic rings. The third kappa shape index (κ3) is 4.22. The van der Waals surface area contributed by atoms with Crippen LogP contribution in [0.15, 0.2) is 75.9 Å². The summed E-state index contributed by atoms with van der Waals surface area (Å²) in [6.07, 6.45) is -4.98. The van der Waals surface area contributed by atoms with E-state index in [2.05, 4.69) is 0 Å². The Morgan fingerprint density at radius 1 is 0.969 bits per heavy atom. The third-order valence-electron chi connectivity index (χ3n) is 4.53. The molecule has 0 spiro atoms. The lowest BCUT2D eigenvalue weighted by Crippen LogP contribution is -2.16. The molecule has 1 aromatic heterocycles. The fraction of sp³-hybridized carbons (Fsp3) is 0.0435. The van der Waals surface area contributed by atoms with Gasteiger partial charge in [0.15, 0.2) is 0 Å². The molecule has 0 amide bonds. The molecular formula is C23H11ClF4O4. The molecule has 0 aliphatic carbocycles. The van der Waals surface area contributed by atoms with Gasteiger partial charge in [0.05, 0.1) is 16.5 Å². The van der Waals surface area contributed by atoms with Crippen molar-refractivity contribution in [3.63, 3.8) is 0 Å². The predicted molar refractivity (Wildman–Crippen MR) is 109 cm³/mol. The molecule has 0 fully saturated rings. The number of carbonyl (C=O) groups excluding carboxylic acids is 1. The van der Waals surface area contributed by atoms with Gasteiger partial charge in [-0.1, -0.05) is 29.8 Å². The number of ether oxygens (including phenoxy) is 1. The minimum atomic E-state index is -4.98. The number of halogens is 5. The Balaban J connectivity index is 1.82. The van der Waals surface area contributed by atoms with Crippen LogP contribution in [0.25, 0.3) is 22.1 Å². The van der Waals surface area contributed by atoms with E-state index in [-0.39, 0.29) is 27.3 Å². The summed E-state index contributed by atoms with van der Waals surface area (Å²) in [5, 5.41) is 0.144. The van der Waals surface area contributed by atoms with Crippen molar-refractivity contribution in [3.8, 4) is 16.9 Å². The molecule has 0 bridgehead atoms. The first kappa shape index (κ1) is 21.6. The van der Waals surface area contributed by atoms with E-state index in [9.17, 15) is 27.2 Å². The lowest BCUT2D eigenvalue weighted by atomic mass is 10.0. The Morgan fingerprint density at radius 2 is 1.69 bits per heavy atom. The number of hydrogen-bond acceptors (Lipinski definition) is 4. The average molecular weight is 463 g/mol. The van der Waals surface area contributed by atoms with Crippen molar-refractivity contribution in [1.82, 2.24) is 0 Å². The van der Waals surface area contributed by atoms with Crippen molar-refractivity contribution >= 4 is 28.5 Å². The second-order valence-corrected chi connectivity index (χ2v) is 7.13. The van der Waals surface area contributed by atoms with Gasteiger partial charge < -0.3 is 9.15 Å². The number of hydrogen-bond donors (Lipinski definition) is 0. The number of benzene rings is 3. The minimum absolute atomic E-state index is 0.0148. The van der Waals surface area contributed by atoms with E-state index in [0.717, 1.165) is 18.2 Å². The zero-order valence-electron chi connectivity index (χ0n) is 15.9. The first-order valence-corrected chi connectivity index (χ1v) is 9.43. The molecule has 9 heteroatoms. The average Bonchev–Trinajstić information content (AvgIpc) is 2.73. The monoisotopic (exact) mass is 462 g/mol. The van der Waals surface area contributed by atoms with Gasteiger partial charge in [0.1, 0.15) is 17.1 Å². The van der Waals surface area contributed by atoms with Crippen LogP contribution in [0.1, 0.15) is 16.1 Å². The smallest absolute Gasteiger partial charge is 0.450 e. The molecule has 0 radical (unpaired) electrons. The highest BCUT2D eigenvalue weighted by Crippen LogP contribution is 2.38. The predicted octanol–water partition coefficient (Wildman–Crippen LogP) is 6.49. The first-order chi connectivity index (χ1) is 15.1. The maximum atomic E-state index is 13.7. The summed E-state index contributed by atoms with van der Waals surface area (Å²) in [6.45, 7) is 0. The van der Waals surface area contributed by atoms with Crippen LogP contribution in [0.3, 0.4) is 0 Å². The lowest BCUT2D eigenvalue weighted by Gasteiger charge is -2.13. The largest absolute Gasteiger partial charge is 0.450 e. The van der Waals surface area contributed by atoms with Crippen molar-refractivity contribution in [2.45, 2.75) is 6.18 Å². The van der Waals surface area contributed by atoms with Crippen molar-refractivity contribution in [3.05, 3.63) is 99.1 Å². The normalized spacial score (nSPS) is 11.5. The molecule has 4 aromatic rings. The van der Waals surface area contributed by atoms with Crippen LogP contribution >= 0.6 is 11.6 Å². The number of fused-ring (bicyclic) bond motifs is 1. The minimum Gasteiger partial charge on any atom is -0.450 e. The van der Waals surface area contributed by atoms with Gasteiger partial charge in [-0.2, -0.15) is 13.2 Å². The zero-order chi connectivity index (χ0) is 23.0. The molecule has 3 aromatic carbocycles. The topological polar surface area (TPSA) is 56.5 Å². The highest BCUT2D eigenvalue weighted by molar-refractivity contribution is 6.30. The molecule has 0 aliphatic heterocycles. The second kappa shape index (κ2) is 8.12. The van der Waals surface area contributed by atoms with Crippen LogP contribution in [-0.4, -0.2) is 5.97 Å². The highest BCUT2D eigenvalue weighted by Gasteiger charge is 2.39. The number of esters is 1. The van der Waals surface area contributed by atoms with Gasteiger partial charge in [0.2, 0.25) is 11.2 Å². The summed E-state index contributed by atoms with van der Waals surface area (Å²) in [4.78, 5) is 25.1. The molecule has 0 N–H and O–H groups in total. The summed E-state index contributed by atoms with van der Waals surface area (Å²) in [7, 11) is 0. The Hall–Kier alpha value is -3.65. The summed E-state index contributed by atoms with van der Waals surface area (Å²) in [5.41, 5.74) is -2.11. The van der Waals surface area contributed by atoms with Gasteiger partial charge >= 0.3 is 12.1 Å². The van der Waals surface area contributed by atoms with E-state index in [4.69, 9.17) is 20.8 Å². The molecule has 4 nitrogen and oxygen atoms in total. The summed E-state index contributed by atoms with van der Waals surface area (Å²) in [5.74, 6) is -3.26. The van der Waals surface area contributed by atoms with E-state index < -0.39 is 40.3 Å². The fourth-order valence-corrected chi connectivity index (χ4v) is 3.22. The summed E-state index contributed by atoms with van der Waals surface area (Å²) >= 11 is 5.79. The van der Waals surface area contributed by atoms with Crippen LogP contribution in [0, 0.1) is 5.82 Å². The molecule has 0 saturated carbocycles. The summed E-state index contributed by atoms with van der Waals surface area (Å²) < 4.78 is 64.6. The van der Waals surface area contributed by atoms with Crippen molar-refractivity contribution < 1.29 is 31.5 Å². The molecule has 32 heavy (non-hydrogen) atoms. The fourth-order valence-electron chi connectivity index (χ4n) is 3.10. The van der Waals surface area contributed by atoms with Crippen molar-refractivity contribution in [2.75, 3.05) is 0 Å². The van der Waals surface area contributed by atoms with E-state index in [0.29, 0.717) is 0 Å². The van der Waals surface area contributed by atoms with Crippen LogP contribution in [0.2, 0.25) is 5.02 Å². The molecule has 1 heterocycles. The van der Waals surface area contributed by atoms with E-state index in [1.54, 1.807) is 0 Å². The third-order valence-corrected chi connectivity index (χ3v) is 4.78. The van der Waals surface area contributed by atoms with Gasteiger partial charge in [-0.25, -0.2) is 9.18 Å². The summed E-state index contributed by atoms with van der Waals surface area (Å²) in [6, 6.07) is 13.4. The Labute approximate surface area is 182 Å². The van der Waals surface area contributed by atoms with Crippen molar-refractivity contribution in [2.24, 2.45) is 0 Å². The van der Waals surface area contributed by atoms with Crippen molar-refractivity contribution in [1.29, 1.82) is 0 Å². The Kier molecular flexibility index (Phi) is 5.48. The van der Waals surface area contributed by atoms with Crippen LogP contribution < -0.4 is 10.2 Å². The quantitative estimate of drug-likeness (QED) is 0.198. The van der Waals surface area contributed by atoms with Crippen LogP contribution in [-0.2, 0) is 6.18 Å². The van der Waals surface area contributed by atoms with E-state index >= 15 is 0 Å². The Bertz CT molecular complexity index is 1390. The van der Waals surface area contributed by atoms with Crippen LogP contribution in [0.4, 0.5) is 17.6 Å². The second-order valence-electron chi connectivity index (χ2n) is 6.70. The van der Waals surface area contributed by atoms with Gasteiger partial charge in [-0.15, -0.1) is 0 Å². The van der Waals surface area contributed by atoms with Crippen LogP contribution in [0.5, 0.6) is 5.75 Å². The maximum absolute atomic E-state index is 13.7. The molecule has 0 atom stereocenters. The standard InChI is InChI=1S/C23H11ClF4O4/c24-14-6-4-12(5-7-14)19-20(29)17-9-8-16(11-18(17)32-21(19)23(26,27)28)31-22(30)13-2-1-3-15(25)10-13/h1-11H. The SMILES string of the molecule is O=C(Oc1ccc2c(=O)c(-c3ccc(Cl)cc3)c(C(F)(F)F)oc2c1)c1cccc(F)c1. The van der Waals surface area contributed by atoms with E-state index in [1.165, 1.54) is 48.5 Å². The van der Waals surface area contributed by atoms with Gasteiger partial charge in [-0.3, -0.25) is 4.79 Å². The first-order valence-electron chi connectivity index (χ1n) is 9.05. The van der Waals surface area contributed by atoms with Gasteiger partial charge in [0.25, 0.3) is 0 Å². The van der Waals surface area contributed by atoms with E-state index in [1.807, 2.05) is 0 Å². The van der Waals surface area contributed by atoms with Gasteiger partial charge in [0, 0.05) is 11.1 Å². The lowest BCUT2D eigenvalue weighted by molar-refractivity contribution is -0.152. The Morgan fingerprint density at radius 3 is 2.34 bits per heavy atom.